The molecule has 0 aliphatic heterocycles. The SMILES string of the molecule is CN(Cc1ccn(C)c(=O)c1)Cc1cnn(C)c1. The predicted octanol–water partition coefficient (Wildman–Crippen LogP) is 0.751. The number of rotatable bonds is 4. The Hall–Kier alpha value is -1.88. The third-order valence-electron chi connectivity index (χ3n) is 2.83. The van der Waals surface area contributed by atoms with Crippen LogP contribution >= 0.6 is 0 Å². The van der Waals surface area contributed by atoms with Crippen molar-refractivity contribution in [3.05, 3.63) is 52.2 Å². The van der Waals surface area contributed by atoms with Crippen LogP contribution in [0.3, 0.4) is 0 Å². The molecule has 0 spiro atoms. The molecular weight excluding hydrogens is 228 g/mol. The largest absolute Gasteiger partial charge is 0.319 e. The molecule has 5 heteroatoms. The van der Waals surface area contributed by atoms with Gasteiger partial charge in [0.15, 0.2) is 0 Å². The van der Waals surface area contributed by atoms with E-state index in [2.05, 4.69) is 10.00 Å². The summed E-state index contributed by atoms with van der Waals surface area (Å²) in [5.74, 6) is 0. The summed E-state index contributed by atoms with van der Waals surface area (Å²) in [6.45, 7) is 1.58. The van der Waals surface area contributed by atoms with Crippen molar-refractivity contribution < 1.29 is 0 Å². The highest BCUT2D eigenvalue weighted by atomic mass is 16.1. The van der Waals surface area contributed by atoms with Gasteiger partial charge >= 0.3 is 0 Å². The van der Waals surface area contributed by atoms with Gasteiger partial charge in [-0.25, -0.2) is 0 Å². The molecule has 0 radical (unpaired) electrons. The molecule has 0 atom stereocenters. The molecule has 0 aliphatic rings. The molecule has 0 fully saturated rings. The molecule has 2 aromatic rings. The van der Waals surface area contributed by atoms with Gasteiger partial charge in [0, 0.05) is 51.2 Å². The Kier molecular flexibility index (Phi) is 3.62. The minimum atomic E-state index is 0.0299. The normalized spacial score (nSPS) is 11.1. The van der Waals surface area contributed by atoms with Crippen LogP contribution in [0.2, 0.25) is 0 Å². The zero-order valence-electron chi connectivity index (χ0n) is 11.0. The first kappa shape index (κ1) is 12.6. The first-order chi connectivity index (χ1) is 8.54. The Balaban J connectivity index is 2.00. The Morgan fingerprint density at radius 3 is 2.61 bits per heavy atom. The highest BCUT2D eigenvalue weighted by molar-refractivity contribution is 5.11. The number of hydrogen-bond donors (Lipinski definition) is 0. The second-order valence-corrected chi connectivity index (χ2v) is 4.68. The molecule has 5 nitrogen and oxygen atoms in total. The van der Waals surface area contributed by atoms with E-state index in [1.807, 2.05) is 32.6 Å². The van der Waals surface area contributed by atoms with E-state index in [4.69, 9.17) is 0 Å². The van der Waals surface area contributed by atoms with Crippen LogP contribution in [0.25, 0.3) is 0 Å². The molecule has 0 aliphatic carbocycles. The molecule has 0 bridgehead atoms. The number of aromatic nitrogens is 3. The lowest BCUT2D eigenvalue weighted by Gasteiger charge is -2.15. The van der Waals surface area contributed by atoms with Crippen LogP contribution in [0, 0.1) is 0 Å². The van der Waals surface area contributed by atoms with Gasteiger partial charge in [0.1, 0.15) is 0 Å². The maximum absolute atomic E-state index is 11.5. The molecule has 0 unspecified atom stereocenters. The maximum Gasteiger partial charge on any atom is 0.250 e. The summed E-state index contributed by atoms with van der Waals surface area (Å²) in [5.41, 5.74) is 2.23. The molecule has 2 aromatic heterocycles. The topological polar surface area (TPSA) is 43.1 Å². The molecule has 0 saturated heterocycles. The van der Waals surface area contributed by atoms with Crippen LogP contribution in [-0.2, 0) is 27.2 Å². The van der Waals surface area contributed by atoms with E-state index in [9.17, 15) is 4.79 Å². The average Bonchev–Trinajstić information content (AvgIpc) is 2.69. The molecule has 0 aromatic carbocycles. The smallest absolute Gasteiger partial charge is 0.250 e. The molecule has 18 heavy (non-hydrogen) atoms. The van der Waals surface area contributed by atoms with Crippen molar-refractivity contribution in [3.63, 3.8) is 0 Å². The standard InChI is InChI=1S/C13H18N4O/c1-15(9-12-7-14-17(3)10-12)8-11-4-5-16(2)13(18)6-11/h4-7,10H,8-9H2,1-3H3. The second kappa shape index (κ2) is 5.18. The summed E-state index contributed by atoms with van der Waals surface area (Å²) in [7, 11) is 5.69. The Morgan fingerprint density at radius 1 is 1.28 bits per heavy atom. The fourth-order valence-electron chi connectivity index (χ4n) is 1.92. The minimum Gasteiger partial charge on any atom is -0.319 e. The predicted molar refractivity (Wildman–Crippen MR) is 70.1 cm³/mol. The highest BCUT2D eigenvalue weighted by Crippen LogP contribution is 2.05. The summed E-state index contributed by atoms with van der Waals surface area (Å²) in [5, 5.41) is 4.14. The van der Waals surface area contributed by atoms with E-state index in [1.54, 1.807) is 28.6 Å². The first-order valence-electron chi connectivity index (χ1n) is 5.86. The van der Waals surface area contributed by atoms with Gasteiger partial charge in [-0.1, -0.05) is 0 Å². The number of hydrogen-bond acceptors (Lipinski definition) is 3. The lowest BCUT2D eigenvalue weighted by Crippen LogP contribution is -2.20. The van der Waals surface area contributed by atoms with Gasteiger partial charge in [0.2, 0.25) is 0 Å². The van der Waals surface area contributed by atoms with E-state index in [0.29, 0.717) is 0 Å². The number of nitrogens with zero attached hydrogens (tertiary/aromatic N) is 4. The van der Waals surface area contributed by atoms with Gasteiger partial charge in [-0.05, 0) is 18.7 Å². The van der Waals surface area contributed by atoms with Crippen molar-refractivity contribution in [1.29, 1.82) is 0 Å². The second-order valence-electron chi connectivity index (χ2n) is 4.68. The third-order valence-corrected chi connectivity index (χ3v) is 2.83. The van der Waals surface area contributed by atoms with Crippen LogP contribution in [0.1, 0.15) is 11.1 Å². The third kappa shape index (κ3) is 3.07. The van der Waals surface area contributed by atoms with E-state index in [-0.39, 0.29) is 5.56 Å². The average molecular weight is 246 g/mol. The van der Waals surface area contributed by atoms with E-state index in [1.165, 1.54) is 5.56 Å². The summed E-state index contributed by atoms with van der Waals surface area (Å²) >= 11 is 0. The van der Waals surface area contributed by atoms with Gasteiger partial charge in [0.05, 0.1) is 6.20 Å². The molecule has 0 amide bonds. The van der Waals surface area contributed by atoms with Crippen LogP contribution < -0.4 is 5.56 Å². The Morgan fingerprint density at radius 2 is 2.00 bits per heavy atom. The molecule has 2 rings (SSSR count). The molecule has 0 N–H and O–H groups in total. The van der Waals surface area contributed by atoms with Crippen molar-refractivity contribution >= 4 is 0 Å². The summed E-state index contributed by atoms with van der Waals surface area (Å²) in [6, 6.07) is 3.65. The Labute approximate surface area is 106 Å². The summed E-state index contributed by atoms with van der Waals surface area (Å²) < 4.78 is 3.37. The zero-order chi connectivity index (χ0) is 13.1. The molecular formula is C13H18N4O. The van der Waals surface area contributed by atoms with Crippen molar-refractivity contribution in [2.45, 2.75) is 13.1 Å². The van der Waals surface area contributed by atoms with E-state index < -0.39 is 0 Å². The zero-order valence-corrected chi connectivity index (χ0v) is 11.0. The van der Waals surface area contributed by atoms with Gasteiger partial charge in [0.25, 0.3) is 5.56 Å². The van der Waals surface area contributed by atoms with Crippen molar-refractivity contribution in [3.8, 4) is 0 Å². The van der Waals surface area contributed by atoms with Gasteiger partial charge in [-0.15, -0.1) is 0 Å². The fraction of sp³-hybridized carbons (Fsp3) is 0.385. The summed E-state index contributed by atoms with van der Waals surface area (Å²) in [6.07, 6.45) is 5.66. The number of pyridine rings is 1. The highest BCUT2D eigenvalue weighted by Gasteiger charge is 2.04. The van der Waals surface area contributed by atoms with Crippen molar-refractivity contribution in [2.24, 2.45) is 14.1 Å². The van der Waals surface area contributed by atoms with Gasteiger partial charge in [-0.3, -0.25) is 14.4 Å². The van der Waals surface area contributed by atoms with E-state index >= 15 is 0 Å². The summed E-state index contributed by atoms with van der Waals surface area (Å²) in [4.78, 5) is 13.7. The Bertz CT molecular complexity index is 585. The fourth-order valence-corrected chi connectivity index (χ4v) is 1.92. The van der Waals surface area contributed by atoms with Crippen LogP contribution in [-0.4, -0.2) is 26.3 Å². The lowest BCUT2D eigenvalue weighted by atomic mass is 10.2. The molecule has 96 valence electrons. The van der Waals surface area contributed by atoms with Crippen molar-refractivity contribution in [1.82, 2.24) is 19.2 Å². The first-order valence-corrected chi connectivity index (χ1v) is 5.86. The van der Waals surface area contributed by atoms with E-state index in [0.717, 1.165) is 18.7 Å². The van der Waals surface area contributed by atoms with Crippen molar-refractivity contribution in [2.75, 3.05) is 7.05 Å². The van der Waals surface area contributed by atoms with Gasteiger partial charge < -0.3 is 4.57 Å². The maximum atomic E-state index is 11.5. The lowest BCUT2D eigenvalue weighted by molar-refractivity contribution is 0.318. The van der Waals surface area contributed by atoms with Crippen LogP contribution in [0.15, 0.2) is 35.5 Å². The van der Waals surface area contributed by atoms with Gasteiger partial charge in [-0.2, -0.15) is 5.10 Å². The number of aryl methyl sites for hydroxylation is 2. The molecule has 0 saturated carbocycles. The van der Waals surface area contributed by atoms with Crippen LogP contribution in [0.4, 0.5) is 0 Å². The monoisotopic (exact) mass is 246 g/mol. The quantitative estimate of drug-likeness (QED) is 0.799. The minimum absolute atomic E-state index is 0.0299. The molecule has 2 heterocycles. The van der Waals surface area contributed by atoms with Crippen LogP contribution in [0.5, 0.6) is 0 Å².